The molecule has 0 saturated heterocycles. The molecule has 0 atom stereocenters. The number of benzene rings is 2. The Morgan fingerprint density at radius 3 is 2.67 bits per heavy atom. The van der Waals surface area contributed by atoms with Crippen molar-refractivity contribution in [2.45, 2.75) is 6.61 Å². The summed E-state index contributed by atoms with van der Waals surface area (Å²) < 4.78 is 16.0. The number of esters is 1. The van der Waals surface area contributed by atoms with Crippen LogP contribution in [0.4, 0.5) is 0 Å². The molecule has 0 saturated carbocycles. The van der Waals surface area contributed by atoms with Crippen molar-refractivity contribution in [1.82, 2.24) is 0 Å². The Bertz CT molecular complexity index is 740. The molecular formula is C17H14O4. The molecule has 3 rings (SSSR count). The van der Waals surface area contributed by atoms with E-state index in [2.05, 4.69) is 0 Å². The first-order chi connectivity index (χ1) is 10.3. The van der Waals surface area contributed by atoms with Crippen LogP contribution < -0.4 is 4.74 Å². The number of fused-ring (bicyclic) bond motifs is 1. The molecule has 4 nitrogen and oxygen atoms in total. The van der Waals surface area contributed by atoms with Crippen molar-refractivity contribution in [1.29, 1.82) is 0 Å². The van der Waals surface area contributed by atoms with Crippen LogP contribution in [0.5, 0.6) is 5.75 Å². The van der Waals surface area contributed by atoms with Crippen molar-refractivity contribution < 1.29 is 18.7 Å². The van der Waals surface area contributed by atoms with Crippen molar-refractivity contribution in [2.75, 3.05) is 7.11 Å². The molecule has 1 aromatic heterocycles. The zero-order chi connectivity index (χ0) is 14.7. The van der Waals surface area contributed by atoms with Gasteiger partial charge in [-0.2, -0.15) is 0 Å². The van der Waals surface area contributed by atoms with Gasteiger partial charge in [-0.15, -0.1) is 0 Å². The summed E-state index contributed by atoms with van der Waals surface area (Å²) >= 11 is 0. The van der Waals surface area contributed by atoms with E-state index in [9.17, 15) is 4.79 Å². The normalized spacial score (nSPS) is 10.5. The lowest BCUT2D eigenvalue weighted by Gasteiger charge is -2.07. The molecule has 0 aliphatic heterocycles. The van der Waals surface area contributed by atoms with E-state index >= 15 is 0 Å². The highest BCUT2D eigenvalue weighted by Gasteiger charge is 2.14. The molecule has 0 aliphatic rings. The Morgan fingerprint density at radius 1 is 1.10 bits per heavy atom. The predicted octanol–water partition coefficient (Wildman–Crippen LogP) is 3.80. The topological polar surface area (TPSA) is 48.7 Å². The van der Waals surface area contributed by atoms with E-state index in [-0.39, 0.29) is 12.4 Å². The van der Waals surface area contributed by atoms with Gasteiger partial charge in [-0.1, -0.05) is 36.4 Å². The van der Waals surface area contributed by atoms with Crippen LogP contribution >= 0.6 is 0 Å². The Morgan fingerprint density at radius 2 is 1.86 bits per heavy atom. The second kappa shape index (κ2) is 5.71. The van der Waals surface area contributed by atoms with Crippen LogP contribution in [0.25, 0.3) is 11.0 Å². The number of para-hydroxylation sites is 2. The molecule has 3 aromatic rings. The minimum absolute atomic E-state index is 0.139. The van der Waals surface area contributed by atoms with Crippen LogP contribution in [-0.4, -0.2) is 13.1 Å². The number of carbonyl (C=O) groups is 1. The summed E-state index contributed by atoms with van der Waals surface area (Å²) in [6, 6.07) is 16.5. The number of hydrogen-bond donors (Lipinski definition) is 0. The lowest BCUT2D eigenvalue weighted by molar-refractivity contribution is 0.0436. The number of furan rings is 1. The van der Waals surface area contributed by atoms with Gasteiger partial charge in [0.1, 0.15) is 17.9 Å². The Kier molecular flexibility index (Phi) is 3.60. The van der Waals surface area contributed by atoms with Gasteiger partial charge in [0.25, 0.3) is 0 Å². The Balaban J connectivity index is 1.74. The second-order valence-electron chi connectivity index (χ2n) is 4.54. The van der Waals surface area contributed by atoms with E-state index in [1.165, 1.54) is 0 Å². The lowest BCUT2D eigenvalue weighted by atomic mass is 10.2. The molecule has 0 aliphatic carbocycles. The lowest BCUT2D eigenvalue weighted by Crippen LogP contribution is -2.04. The van der Waals surface area contributed by atoms with Crippen molar-refractivity contribution >= 4 is 16.9 Å². The predicted molar refractivity (Wildman–Crippen MR) is 78.3 cm³/mol. The third kappa shape index (κ3) is 2.74. The van der Waals surface area contributed by atoms with E-state index in [0.717, 1.165) is 10.9 Å². The molecule has 0 amide bonds. The monoisotopic (exact) mass is 282 g/mol. The zero-order valence-corrected chi connectivity index (χ0v) is 11.5. The number of rotatable bonds is 4. The van der Waals surface area contributed by atoms with E-state index in [0.29, 0.717) is 11.3 Å². The molecular weight excluding hydrogens is 268 g/mol. The molecule has 0 bridgehead atoms. The van der Waals surface area contributed by atoms with Gasteiger partial charge in [-0.3, -0.25) is 0 Å². The number of methoxy groups -OCH3 is 1. The summed E-state index contributed by atoms with van der Waals surface area (Å²) in [5.41, 5.74) is 1.48. The first-order valence-electron chi connectivity index (χ1n) is 6.55. The summed E-state index contributed by atoms with van der Waals surface area (Å²) in [6.45, 7) is 0.139. The molecule has 0 spiro atoms. The highest BCUT2D eigenvalue weighted by atomic mass is 16.5. The van der Waals surface area contributed by atoms with Gasteiger partial charge in [0, 0.05) is 10.9 Å². The SMILES string of the molecule is COc1ccccc1COC(=O)c1cc2ccccc2o1. The third-order valence-corrected chi connectivity index (χ3v) is 3.18. The number of carbonyl (C=O) groups excluding carboxylic acids is 1. The first kappa shape index (κ1) is 13.2. The molecule has 4 heteroatoms. The maximum atomic E-state index is 12.0. The molecule has 0 unspecified atom stereocenters. The van der Waals surface area contributed by atoms with Gasteiger partial charge >= 0.3 is 5.97 Å². The molecule has 21 heavy (non-hydrogen) atoms. The van der Waals surface area contributed by atoms with Crippen LogP contribution in [0.1, 0.15) is 16.1 Å². The zero-order valence-electron chi connectivity index (χ0n) is 11.5. The number of hydrogen-bond acceptors (Lipinski definition) is 4. The summed E-state index contributed by atoms with van der Waals surface area (Å²) in [6.07, 6.45) is 0. The molecule has 1 heterocycles. The van der Waals surface area contributed by atoms with Gasteiger partial charge in [0.2, 0.25) is 5.76 Å². The molecule has 2 aromatic carbocycles. The highest BCUT2D eigenvalue weighted by Crippen LogP contribution is 2.21. The van der Waals surface area contributed by atoms with Crippen LogP contribution in [0.2, 0.25) is 0 Å². The van der Waals surface area contributed by atoms with E-state index in [1.54, 1.807) is 13.2 Å². The average molecular weight is 282 g/mol. The van der Waals surface area contributed by atoms with Gasteiger partial charge in [0.05, 0.1) is 7.11 Å². The van der Waals surface area contributed by atoms with E-state index < -0.39 is 5.97 Å². The van der Waals surface area contributed by atoms with E-state index in [1.807, 2.05) is 48.5 Å². The van der Waals surface area contributed by atoms with Crippen LogP contribution in [-0.2, 0) is 11.3 Å². The van der Waals surface area contributed by atoms with Crippen LogP contribution in [0, 0.1) is 0 Å². The Labute approximate surface area is 121 Å². The van der Waals surface area contributed by atoms with Crippen LogP contribution in [0.15, 0.2) is 59.0 Å². The maximum Gasteiger partial charge on any atom is 0.374 e. The fraction of sp³-hybridized carbons (Fsp3) is 0.118. The molecule has 0 N–H and O–H groups in total. The van der Waals surface area contributed by atoms with Crippen LogP contribution in [0.3, 0.4) is 0 Å². The summed E-state index contributed by atoms with van der Waals surface area (Å²) in [4.78, 5) is 12.0. The highest BCUT2D eigenvalue weighted by molar-refractivity contribution is 5.92. The fourth-order valence-electron chi connectivity index (χ4n) is 2.12. The number of ether oxygens (including phenoxy) is 2. The standard InChI is InChI=1S/C17H14O4/c1-19-14-8-4-3-7-13(14)11-20-17(18)16-10-12-6-2-5-9-15(12)21-16/h2-10H,11H2,1H3. The minimum atomic E-state index is -0.489. The first-order valence-corrected chi connectivity index (χ1v) is 6.55. The maximum absolute atomic E-state index is 12.0. The smallest absolute Gasteiger partial charge is 0.374 e. The van der Waals surface area contributed by atoms with Gasteiger partial charge < -0.3 is 13.9 Å². The van der Waals surface area contributed by atoms with Crippen molar-refractivity contribution in [2.24, 2.45) is 0 Å². The van der Waals surface area contributed by atoms with Crippen molar-refractivity contribution in [3.8, 4) is 5.75 Å². The van der Waals surface area contributed by atoms with Gasteiger partial charge in [-0.25, -0.2) is 4.79 Å². The summed E-state index contributed by atoms with van der Waals surface area (Å²) in [5, 5.41) is 0.877. The summed E-state index contributed by atoms with van der Waals surface area (Å²) in [5.74, 6) is 0.401. The summed E-state index contributed by atoms with van der Waals surface area (Å²) in [7, 11) is 1.58. The molecule has 0 fully saturated rings. The quantitative estimate of drug-likeness (QED) is 0.683. The van der Waals surface area contributed by atoms with E-state index in [4.69, 9.17) is 13.9 Å². The Hall–Kier alpha value is -2.75. The van der Waals surface area contributed by atoms with Gasteiger partial charge in [-0.05, 0) is 18.2 Å². The third-order valence-electron chi connectivity index (χ3n) is 3.18. The molecule has 106 valence electrons. The molecule has 0 radical (unpaired) electrons. The largest absolute Gasteiger partial charge is 0.496 e. The average Bonchev–Trinajstić information content (AvgIpc) is 2.97. The fourth-order valence-corrected chi connectivity index (χ4v) is 2.12. The van der Waals surface area contributed by atoms with Crippen molar-refractivity contribution in [3.05, 3.63) is 65.9 Å². The minimum Gasteiger partial charge on any atom is -0.496 e. The van der Waals surface area contributed by atoms with Gasteiger partial charge in [0.15, 0.2) is 0 Å². The van der Waals surface area contributed by atoms with Crippen molar-refractivity contribution in [3.63, 3.8) is 0 Å². The second-order valence-corrected chi connectivity index (χ2v) is 4.54.